The quantitative estimate of drug-likeness (QED) is 0.870. The van der Waals surface area contributed by atoms with Gasteiger partial charge in [0.1, 0.15) is 0 Å². The molecule has 17 heavy (non-hydrogen) atoms. The molecule has 2 nitrogen and oxygen atoms in total. The van der Waals surface area contributed by atoms with Crippen LogP contribution in [0.4, 0.5) is 0 Å². The molecule has 0 aliphatic carbocycles. The van der Waals surface area contributed by atoms with E-state index in [1.807, 2.05) is 6.92 Å². The fourth-order valence-electron chi connectivity index (χ4n) is 1.42. The summed E-state index contributed by atoms with van der Waals surface area (Å²) in [6.45, 7) is 5.05. The predicted molar refractivity (Wildman–Crippen MR) is 75.5 cm³/mol. The van der Waals surface area contributed by atoms with Gasteiger partial charge < -0.3 is 5.32 Å². The maximum absolute atomic E-state index is 12.1. The predicted octanol–water partition coefficient (Wildman–Crippen LogP) is 3.49. The second-order valence-electron chi connectivity index (χ2n) is 3.94. The molecule has 2 atom stereocenters. The van der Waals surface area contributed by atoms with E-state index in [2.05, 4.69) is 12.2 Å². The van der Waals surface area contributed by atoms with E-state index in [9.17, 15) is 4.21 Å². The van der Waals surface area contributed by atoms with Gasteiger partial charge in [0.05, 0.1) is 20.7 Å². The Labute approximate surface area is 115 Å². The summed E-state index contributed by atoms with van der Waals surface area (Å²) in [5.74, 6) is 0.542. The molecule has 0 heterocycles. The van der Waals surface area contributed by atoms with Gasteiger partial charge in [-0.25, -0.2) is 0 Å². The van der Waals surface area contributed by atoms with Crippen LogP contribution in [0.1, 0.15) is 20.3 Å². The summed E-state index contributed by atoms with van der Waals surface area (Å²) in [6.07, 6.45) is 1.06. The molecule has 1 aromatic rings. The molecule has 0 aliphatic heterocycles. The highest BCUT2D eigenvalue weighted by Crippen LogP contribution is 2.24. The smallest absolute Gasteiger partial charge is 0.0589 e. The fourth-order valence-corrected chi connectivity index (χ4v) is 3.33. The number of halogens is 2. The molecule has 0 aliphatic rings. The third kappa shape index (κ3) is 4.96. The maximum atomic E-state index is 12.1. The van der Waals surface area contributed by atoms with Crippen molar-refractivity contribution in [1.29, 1.82) is 0 Å². The Bertz CT molecular complexity index is 398. The van der Waals surface area contributed by atoms with Crippen molar-refractivity contribution in [2.45, 2.75) is 31.2 Å². The van der Waals surface area contributed by atoms with Crippen LogP contribution >= 0.6 is 23.2 Å². The van der Waals surface area contributed by atoms with Crippen LogP contribution in [0.15, 0.2) is 23.1 Å². The van der Waals surface area contributed by atoms with Gasteiger partial charge in [-0.15, -0.1) is 0 Å². The minimum atomic E-state index is -1.12. The van der Waals surface area contributed by atoms with Crippen LogP contribution in [-0.2, 0) is 10.8 Å². The Morgan fingerprint density at radius 2 is 2.12 bits per heavy atom. The third-order valence-electron chi connectivity index (χ3n) is 2.28. The normalized spacial score (nSPS) is 14.6. The van der Waals surface area contributed by atoms with Crippen molar-refractivity contribution in [2.24, 2.45) is 0 Å². The summed E-state index contributed by atoms with van der Waals surface area (Å²) in [7, 11) is -1.12. The van der Waals surface area contributed by atoms with Gasteiger partial charge in [-0.3, -0.25) is 4.21 Å². The summed E-state index contributed by atoms with van der Waals surface area (Å²) in [4.78, 5) is 0.615. The van der Waals surface area contributed by atoms with Crippen molar-refractivity contribution >= 4 is 34.0 Å². The number of hydrogen-bond acceptors (Lipinski definition) is 2. The van der Waals surface area contributed by atoms with E-state index in [-0.39, 0.29) is 6.04 Å². The molecule has 0 bridgehead atoms. The molecule has 0 spiro atoms. The van der Waals surface area contributed by atoms with Gasteiger partial charge in [0.25, 0.3) is 0 Å². The standard InChI is InChI=1S/C12H17Cl2NOS/c1-3-6-15-9(2)8-17(16)12-7-10(13)4-5-11(12)14/h4-5,7,9,15H,3,6,8H2,1-2H3. The van der Waals surface area contributed by atoms with E-state index in [4.69, 9.17) is 23.2 Å². The Hall–Kier alpha value is -0.0900. The Balaban J connectivity index is 2.66. The second kappa shape index (κ2) is 7.37. The van der Waals surface area contributed by atoms with Gasteiger partial charge in [-0.1, -0.05) is 30.1 Å². The molecule has 5 heteroatoms. The highest BCUT2D eigenvalue weighted by molar-refractivity contribution is 7.85. The van der Waals surface area contributed by atoms with Gasteiger partial charge in [-0.05, 0) is 38.1 Å². The number of nitrogens with one attached hydrogen (secondary N) is 1. The minimum absolute atomic E-state index is 0.200. The van der Waals surface area contributed by atoms with Crippen molar-refractivity contribution in [3.8, 4) is 0 Å². The van der Waals surface area contributed by atoms with E-state index in [0.717, 1.165) is 13.0 Å². The topological polar surface area (TPSA) is 29.1 Å². The molecule has 2 unspecified atom stereocenters. The monoisotopic (exact) mass is 293 g/mol. The summed E-state index contributed by atoms with van der Waals surface area (Å²) < 4.78 is 12.1. The lowest BCUT2D eigenvalue weighted by molar-refractivity contribution is 0.582. The van der Waals surface area contributed by atoms with Gasteiger partial charge in [-0.2, -0.15) is 0 Å². The Morgan fingerprint density at radius 1 is 1.41 bits per heavy atom. The van der Waals surface area contributed by atoms with Crippen LogP contribution in [0.5, 0.6) is 0 Å². The summed E-state index contributed by atoms with van der Waals surface area (Å²) in [5.41, 5.74) is 0. The third-order valence-corrected chi connectivity index (χ3v) is 4.59. The van der Waals surface area contributed by atoms with Gasteiger partial charge in [0, 0.05) is 16.8 Å². The first-order valence-corrected chi connectivity index (χ1v) is 7.69. The van der Waals surface area contributed by atoms with E-state index >= 15 is 0 Å². The summed E-state index contributed by atoms with van der Waals surface area (Å²) >= 11 is 11.9. The maximum Gasteiger partial charge on any atom is 0.0589 e. The molecule has 1 aromatic carbocycles. The van der Waals surface area contributed by atoms with Gasteiger partial charge in [0.15, 0.2) is 0 Å². The average molecular weight is 294 g/mol. The fraction of sp³-hybridized carbons (Fsp3) is 0.500. The summed E-state index contributed by atoms with van der Waals surface area (Å²) in [5, 5.41) is 4.37. The van der Waals surface area contributed by atoms with Crippen molar-refractivity contribution in [2.75, 3.05) is 12.3 Å². The molecule has 1 rings (SSSR count). The van der Waals surface area contributed by atoms with Crippen LogP contribution in [-0.4, -0.2) is 22.5 Å². The van der Waals surface area contributed by atoms with E-state index in [0.29, 0.717) is 20.7 Å². The Kier molecular flexibility index (Phi) is 6.49. The van der Waals surface area contributed by atoms with Crippen molar-refractivity contribution in [1.82, 2.24) is 5.32 Å². The molecule has 0 radical (unpaired) electrons. The lowest BCUT2D eigenvalue weighted by Crippen LogP contribution is -2.31. The molecule has 0 fully saturated rings. The SMILES string of the molecule is CCCNC(C)CS(=O)c1cc(Cl)ccc1Cl. The highest BCUT2D eigenvalue weighted by atomic mass is 35.5. The van der Waals surface area contributed by atoms with Gasteiger partial charge >= 0.3 is 0 Å². The van der Waals surface area contributed by atoms with Crippen LogP contribution in [0.3, 0.4) is 0 Å². The largest absolute Gasteiger partial charge is 0.313 e. The van der Waals surface area contributed by atoms with Crippen molar-refractivity contribution in [3.63, 3.8) is 0 Å². The van der Waals surface area contributed by atoms with Crippen molar-refractivity contribution in [3.05, 3.63) is 28.2 Å². The molecule has 96 valence electrons. The van der Waals surface area contributed by atoms with Crippen LogP contribution in [0.2, 0.25) is 10.0 Å². The van der Waals surface area contributed by atoms with E-state index in [1.54, 1.807) is 18.2 Å². The molecular formula is C12H17Cl2NOS. The first-order valence-electron chi connectivity index (χ1n) is 5.61. The van der Waals surface area contributed by atoms with Crippen LogP contribution in [0, 0.1) is 0 Å². The minimum Gasteiger partial charge on any atom is -0.313 e. The second-order valence-corrected chi connectivity index (χ2v) is 6.25. The Morgan fingerprint density at radius 3 is 2.76 bits per heavy atom. The zero-order chi connectivity index (χ0) is 12.8. The molecule has 0 aromatic heterocycles. The lowest BCUT2D eigenvalue weighted by atomic mass is 10.3. The number of benzene rings is 1. The molecule has 0 saturated heterocycles. The lowest BCUT2D eigenvalue weighted by Gasteiger charge is -2.13. The number of hydrogen-bond donors (Lipinski definition) is 1. The molecular weight excluding hydrogens is 277 g/mol. The molecule has 0 amide bonds. The van der Waals surface area contributed by atoms with Gasteiger partial charge in [0.2, 0.25) is 0 Å². The van der Waals surface area contributed by atoms with Crippen molar-refractivity contribution < 1.29 is 4.21 Å². The zero-order valence-electron chi connectivity index (χ0n) is 10.0. The zero-order valence-corrected chi connectivity index (χ0v) is 12.3. The molecule has 0 saturated carbocycles. The highest BCUT2D eigenvalue weighted by Gasteiger charge is 2.12. The van der Waals surface area contributed by atoms with E-state index < -0.39 is 10.8 Å². The first kappa shape index (κ1) is 15.0. The van der Waals surface area contributed by atoms with Crippen LogP contribution in [0.25, 0.3) is 0 Å². The average Bonchev–Trinajstić information content (AvgIpc) is 2.29. The first-order chi connectivity index (χ1) is 8.04. The van der Waals surface area contributed by atoms with E-state index in [1.165, 1.54) is 0 Å². The summed E-state index contributed by atoms with van der Waals surface area (Å²) in [6, 6.07) is 5.25. The number of rotatable bonds is 6. The molecule has 1 N–H and O–H groups in total. The van der Waals surface area contributed by atoms with Crippen LogP contribution < -0.4 is 5.32 Å².